The van der Waals surface area contributed by atoms with Gasteiger partial charge in [0.25, 0.3) is 5.91 Å². The average Bonchev–Trinajstić information content (AvgIpc) is 3.30. The van der Waals surface area contributed by atoms with Crippen LogP contribution >= 0.6 is 11.3 Å². The van der Waals surface area contributed by atoms with Crippen LogP contribution in [0.3, 0.4) is 0 Å². The molecule has 0 bridgehead atoms. The summed E-state index contributed by atoms with van der Waals surface area (Å²) in [6.07, 6.45) is 3.16. The van der Waals surface area contributed by atoms with E-state index >= 15 is 0 Å². The molecule has 25 heavy (non-hydrogen) atoms. The second-order valence-electron chi connectivity index (χ2n) is 5.51. The van der Waals surface area contributed by atoms with Crippen LogP contribution in [-0.4, -0.2) is 21.0 Å². The first-order valence-corrected chi connectivity index (χ1v) is 8.52. The minimum absolute atomic E-state index is 0.173. The molecule has 0 radical (unpaired) electrons. The molecule has 124 valence electrons. The van der Waals surface area contributed by atoms with Crippen LogP contribution in [0.15, 0.2) is 59.4 Å². The van der Waals surface area contributed by atoms with E-state index in [1.165, 1.54) is 17.5 Å². The summed E-state index contributed by atoms with van der Waals surface area (Å²) in [5.41, 5.74) is 2.75. The molecule has 1 aromatic carbocycles. The number of hydrogen-bond donors (Lipinski definition) is 0. The number of benzene rings is 1. The first-order chi connectivity index (χ1) is 12.2. The van der Waals surface area contributed by atoms with Crippen molar-refractivity contribution < 1.29 is 9.32 Å². The Morgan fingerprint density at radius 3 is 2.80 bits per heavy atom. The van der Waals surface area contributed by atoms with Crippen LogP contribution in [-0.2, 0) is 6.54 Å². The van der Waals surface area contributed by atoms with Gasteiger partial charge in [0.1, 0.15) is 0 Å². The molecule has 0 aliphatic rings. The van der Waals surface area contributed by atoms with Crippen LogP contribution in [0.1, 0.15) is 21.8 Å². The van der Waals surface area contributed by atoms with Gasteiger partial charge in [-0.2, -0.15) is 0 Å². The van der Waals surface area contributed by atoms with E-state index < -0.39 is 0 Å². The van der Waals surface area contributed by atoms with Gasteiger partial charge in [-0.15, -0.1) is 0 Å². The van der Waals surface area contributed by atoms with Crippen LogP contribution < -0.4 is 4.90 Å². The number of aryl methyl sites for hydroxylation is 1. The number of pyridine rings is 1. The fraction of sp³-hybridized carbons (Fsp3) is 0.111. The van der Waals surface area contributed by atoms with Gasteiger partial charge >= 0.3 is 0 Å². The van der Waals surface area contributed by atoms with Crippen molar-refractivity contribution in [2.24, 2.45) is 0 Å². The molecule has 4 rings (SSSR count). The molecule has 0 saturated heterocycles. The van der Waals surface area contributed by atoms with Crippen LogP contribution in [0.2, 0.25) is 0 Å². The average molecular weight is 350 g/mol. The minimum Gasteiger partial charge on any atom is -0.351 e. The molecular weight excluding hydrogens is 336 g/mol. The van der Waals surface area contributed by atoms with Gasteiger partial charge in [-0.25, -0.2) is 4.98 Å². The van der Waals surface area contributed by atoms with Crippen molar-refractivity contribution in [2.45, 2.75) is 13.5 Å². The highest BCUT2D eigenvalue weighted by atomic mass is 32.1. The Morgan fingerprint density at radius 1 is 1.16 bits per heavy atom. The van der Waals surface area contributed by atoms with Crippen LogP contribution in [0.5, 0.6) is 0 Å². The monoisotopic (exact) mass is 350 g/mol. The number of carbonyl (C=O) groups excluding carboxylic acids is 1. The van der Waals surface area contributed by atoms with Gasteiger partial charge < -0.3 is 4.52 Å². The van der Waals surface area contributed by atoms with Gasteiger partial charge in [0, 0.05) is 12.3 Å². The van der Waals surface area contributed by atoms with Gasteiger partial charge in [0.05, 0.1) is 28.7 Å². The lowest BCUT2D eigenvalue weighted by molar-refractivity contribution is 0.0949. The van der Waals surface area contributed by atoms with Crippen molar-refractivity contribution in [1.82, 2.24) is 15.1 Å². The van der Waals surface area contributed by atoms with Crippen molar-refractivity contribution in [3.63, 3.8) is 0 Å². The SMILES string of the molecule is Cc1cccc2sc(N(Cc3ccccn3)C(=O)c3ccno3)nc12. The van der Waals surface area contributed by atoms with E-state index in [1.54, 1.807) is 17.2 Å². The summed E-state index contributed by atoms with van der Waals surface area (Å²) in [4.78, 5) is 23.5. The number of carbonyl (C=O) groups is 1. The third-order valence-corrected chi connectivity index (χ3v) is 4.82. The number of rotatable bonds is 4. The van der Waals surface area contributed by atoms with Crippen molar-refractivity contribution in [3.8, 4) is 0 Å². The quantitative estimate of drug-likeness (QED) is 0.559. The molecule has 0 fully saturated rings. The Hall–Kier alpha value is -3.06. The molecular formula is C18H14N4O2S. The molecule has 0 aliphatic heterocycles. The molecule has 0 saturated carbocycles. The molecule has 3 heterocycles. The summed E-state index contributed by atoms with van der Waals surface area (Å²) in [7, 11) is 0. The fourth-order valence-electron chi connectivity index (χ4n) is 2.53. The molecule has 1 amide bonds. The maximum Gasteiger partial charge on any atom is 0.299 e. The van der Waals surface area contributed by atoms with Crippen molar-refractivity contribution in [1.29, 1.82) is 0 Å². The van der Waals surface area contributed by atoms with Crippen LogP contribution in [0.4, 0.5) is 5.13 Å². The van der Waals surface area contributed by atoms with E-state index in [4.69, 9.17) is 4.52 Å². The Kier molecular flexibility index (Phi) is 3.99. The van der Waals surface area contributed by atoms with Gasteiger partial charge in [0.15, 0.2) is 5.13 Å². The zero-order chi connectivity index (χ0) is 17.2. The van der Waals surface area contributed by atoms with Crippen molar-refractivity contribution in [2.75, 3.05) is 4.90 Å². The highest BCUT2D eigenvalue weighted by Gasteiger charge is 2.24. The van der Waals surface area contributed by atoms with E-state index in [2.05, 4.69) is 15.1 Å². The maximum atomic E-state index is 12.9. The summed E-state index contributed by atoms with van der Waals surface area (Å²) in [5, 5.41) is 4.24. The molecule has 0 unspecified atom stereocenters. The third kappa shape index (κ3) is 3.01. The lowest BCUT2D eigenvalue weighted by atomic mass is 10.2. The number of nitrogens with zero attached hydrogens (tertiary/aromatic N) is 4. The molecule has 3 aromatic heterocycles. The molecule has 7 heteroatoms. The summed E-state index contributed by atoms with van der Waals surface area (Å²) >= 11 is 1.47. The smallest absolute Gasteiger partial charge is 0.299 e. The van der Waals surface area contributed by atoms with Gasteiger partial charge in [0.2, 0.25) is 5.76 Å². The summed E-state index contributed by atoms with van der Waals surface area (Å²) in [5.74, 6) is -0.119. The van der Waals surface area contributed by atoms with Crippen molar-refractivity contribution >= 4 is 32.6 Å². The summed E-state index contributed by atoms with van der Waals surface area (Å²) in [6, 6.07) is 13.1. The highest BCUT2D eigenvalue weighted by molar-refractivity contribution is 7.22. The molecule has 0 spiro atoms. The van der Waals surface area contributed by atoms with Crippen LogP contribution in [0, 0.1) is 6.92 Å². The van der Waals surface area contributed by atoms with Gasteiger partial charge in [-0.3, -0.25) is 14.7 Å². The predicted molar refractivity (Wildman–Crippen MR) is 95.6 cm³/mol. The third-order valence-electron chi connectivity index (χ3n) is 3.78. The maximum absolute atomic E-state index is 12.9. The molecule has 0 N–H and O–H groups in total. The topological polar surface area (TPSA) is 72.1 Å². The molecule has 6 nitrogen and oxygen atoms in total. The van der Waals surface area contributed by atoms with E-state index in [1.807, 2.05) is 43.3 Å². The standard InChI is InChI=1S/C18H14N4O2S/c1-12-5-4-7-15-16(12)21-18(25-15)22(11-13-6-2-3-9-19-13)17(23)14-8-10-20-24-14/h2-10H,11H2,1H3. The van der Waals surface area contributed by atoms with E-state index in [9.17, 15) is 4.79 Å². The largest absolute Gasteiger partial charge is 0.351 e. The lowest BCUT2D eigenvalue weighted by Gasteiger charge is -2.17. The highest BCUT2D eigenvalue weighted by Crippen LogP contribution is 2.32. The lowest BCUT2D eigenvalue weighted by Crippen LogP contribution is -2.30. The summed E-state index contributed by atoms with van der Waals surface area (Å²) < 4.78 is 6.08. The Morgan fingerprint density at radius 2 is 2.08 bits per heavy atom. The molecule has 0 atom stereocenters. The minimum atomic E-state index is -0.292. The summed E-state index contributed by atoms with van der Waals surface area (Å²) in [6.45, 7) is 2.31. The number of anilines is 1. The van der Waals surface area contributed by atoms with Gasteiger partial charge in [-0.1, -0.05) is 34.7 Å². The first-order valence-electron chi connectivity index (χ1n) is 7.71. The van der Waals surface area contributed by atoms with E-state index in [0.717, 1.165) is 21.5 Å². The second kappa shape index (κ2) is 6.45. The number of hydrogen-bond acceptors (Lipinski definition) is 6. The number of amides is 1. The fourth-order valence-corrected chi connectivity index (χ4v) is 3.57. The second-order valence-corrected chi connectivity index (χ2v) is 6.52. The van der Waals surface area contributed by atoms with Crippen molar-refractivity contribution in [3.05, 3.63) is 71.9 Å². The van der Waals surface area contributed by atoms with Crippen LogP contribution in [0.25, 0.3) is 10.2 Å². The Labute approximate surface area is 147 Å². The molecule has 4 aromatic rings. The number of para-hydroxylation sites is 1. The zero-order valence-corrected chi connectivity index (χ0v) is 14.2. The molecule has 0 aliphatic carbocycles. The van der Waals surface area contributed by atoms with Gasteiger partial charge in [-0.05, 0) is 30.7 Å². The van der Waals surface area contributed by atoms with E-state index in [0.29, 0.717) is 11.7 Å². The Balaban J connectivity index is 1.78. The first kappa shape index (κ1) is 15.5. The predicted octanol–water partition coefficient (Wildman–Crippen LogP) is 3.83. The number of aromatic nitrogens is 3. The number of thiazole rings is 1. The zero-order valence-electron chi connectivity index (χ0n) is 13.4. The Bertz CT molecular complexity index is 1010. The van der Waals surface area contributed by atoms with E-state index in [-0.39, 0.29) is 11.7 Å². The normalized spacial score (nSPS) is 10.9. The number of fused-ring (bicyclic) bond motifs is 1.